The summed E-state index contributed by atoms with van der Waals surface area (Å²) in [5.41, 5.74) is 1.18. The average Bonchev–Trinajstić information content (AvgIpc) is 2.86. The molecule has 0 saturated carbocycles. The molecule has 0 bridgehead atoms. The summed E-state index contributed by atoms with van der Waals surface area (Å²) in [6, 6.07) is 5.62. The summed E-state index contributed by atoms with van der Waals surface area (Å²) in [6.45, 7) is 1.79. The average molecular weight is 543 g/mol. The molecule has 138 valence electrons. The van der Waals surface area contributed by atoms with Crippen LogP contribution in [0.2, 0.25) is 5.02 Å². The number of rotatable bonds is 6. The van der Waals surface area contributed by atoms with Crippen molar-refractivity contribution in [3.8, 4) is 5.88 Å². The first-order chi connectivity index (χ1) is 11.5. The van der Waals surface area contributed by atoms with Crippen LogP contribution in [0.25, 0.3) is 0 Å². The van der Waals surface area contributed by atoms with Gasteiger partial charge in [-0.3, -0.25) is 4.99 Å². The van der Waals surface area contributed by atoms with Gasteiger partial charge >= 0.3 is 0 Å². The quantitative estimate of drug-likeness (QED) is 0.263. The number of aromatic nitrogens is 2. The molecule has 2 rings (SSSR count). The molecule has 25 heavy (non-hydrogen) atoms. The van der Waals surface area contributed by atoms with E-state index in [0.29, 0.717) is 24.1 Å². The van der Waals surface area contributed by atoms with Gasteiger partial charge in [-0.25, -0.2) is 4.98 Å². The van der Waals surface area contributed by atoms with Gasteiger partial charge in [-0.05, 0) is 34.1 Å². The van der Waals surface area contributed by atoms with Gasteiger partial charge in [-0.15, -0.1) is 24.0 Å². The molecule has 6 nitrogen and oxygen atoms in total. The molecule has 2 heterocycles. The number of guanidine groups is 1. The van der Waals surface area contributed by atoms with Gasteiger partial charge in [0.15, 0.2) is 5.96 Å². The van der Waals surface area contributed by atoms with Crippen LogP contribution in [0.1, 0.15) is 5.69 Å². The first kappa shape index (κ1) is 22.0. The Morgan fingerprint density at radius 3 is 2.88 bits per heavy atom. The minimum atomic E-state index is 0. The minimum absolute atomic E-state index is 0. The molecule has 9 heteroatoms. The molecule has 0 aliphatic carbocycles. The topological polar surface area (TPSA) is 54.7 Å². The molecule has 0 saturated heterocycles. The monoisotopic (exact) mass is 541 g/mol. The molecule has 2 aromatic rings. The first-order valence-electron chi connectivity index (χ1n) is 7.47. The Bertz CT molecular complexity index is 710. The van der Waals surface area contributed by atoms with Crippen LogP contribution in [0.4, 0.5) is 0 Å². The molecule has 0 atom stereocenters. The molecule has 0 amide bonds. The Hall–Kier alpha value is -1.000. The predicted octanol–water partition coefficient (Wildman–Crippen LogP) is 3.54. The maximum absolute atomic E-state index is 6.00. The lowest BCUT2D eigenvalue weighted by molar-refractivity contribution is 0.307. The Kier molecular flexibility index (Phi) is 9.58. The second kappa shape index (κ2) is 10.9. The highest BCUT2D eigenvalue weighted by atomic mass is 127. The number of aryl methyl sites for hydroxylation is 1. The van der Waals surface area contributed by atoms with Crippen LogP contribution in [0.5, 0.6) is 5.88 Å². The van der Waals surface area contributed by atoms with E-state index >= 15 is 0 Å². The van der Waals surface area contributed by atoms with Gasteiger partial charge in [0.2, 0.25) is 5.88 Å². The van der Waals surface area contributed by atoms with Crippen LogP contribution >= 0.6 is 51.5 Å². The maximum atomic E-state index is 6.00. The van der Waals surface area contributed by atoms with Crippen molar-refractivity contribution in [2.24, 2.45) is 12.0 Å². The Labute approximate surface area is 178 Å². The number of halogens is 3. The van der Waals surface area contributed by atoms with Gasteiger partial charge in [-0.2, -0.15) is 0 Å². The van der Waals surface area contributed by atoms with E-state index in [1.807, 2.05) is 20.3 Å². The Morgan fingerprint density at radius 1 is 1.52 bits per heavy atom. The first-order valence-corrected chi connectivity index (χ1v) is 8.64. The van der Waals surface area contributed by atoms with Gasteiger partial charge < -0.3 is 19.5 Å². The van der Waals surface area contributed by atoms with Gasteiger partial charge in [-0.1, -0.05) is 11.6 Å². The molecule has 0 spiro atoms. The number of hydrogen-bond donors (Lipinski definition) is 1. The van der Waals surface area contributed by atoms with Crippen LogP contribution in [-0.4, -0.2) is 47.7 Å². The maximum Gasteiger partial charge on any atom is 0.232 e. The molecule has 1 N–H and O–H groups in total. The van der Waals surface area contributed by atoms with Crippen molar-refractivity contribution in [1.82, 2.24) is 19.8 Å². The van der Waals surface area contributed by atoms with Crippen molar-refractivity contribution >= 4 is 57.5 Å². The summed E-state index contributed by atoms with van der Waals surface area (Å²) in [5.74, 6) is 1.24. The summed E-state index contributed by atoms with van der Waals surface area (Å²) in [5, 5.41) is 3.77. The lowest BCUT2D eigenvalue weighted by Gasteiger charge is -2.22. The molecule has 0 aliphatic rings. The predicted molar refractivity (Wildman–Crippen MR) is 116 cm³/mol. The standard InChI is InChI=1S/C16H21BrClN5O.HI/c1-19-16(23(3)11-13-9-12(17)10-22(13)2)21-7-8-24-15-14(18)5-4-6-20-15;/h4-6,9-10H,7-8,11H2,1-3H3,(H,19,21);1H. The second-order valence-electron chi connectivity index (χ2n) is 5.23. The van der Waals surface area contributed by atoms with Gasteiger partial charge in [0.25, 0.3) is 0 Å². The van der Waals surface area contributed by atoms with Crippen molar-refractivity contribution in [3.63, 3.8) is 0 Å². The summed E-state index contributed by atoms with van der Waals surface area (Å²) >= 11 is 9.49. The highest BCUT2D eigenvalue weighted by Crippen LogP contribution is 2.19. The molecule has 0 fully saturated rings. The van der Waals surface area contributed by atoms with Crippen LogP contribution in [0.15, 0.2) is 40.1 Å². The molecule has 0 unspecified atom stereocenters. The van der Waals surface area contributed by atoms with Crippen molar-refractivity contribution in [1.29, 1.82) is 0 Å². The van der Waals surface area contributed by atoms with Crippen LogP contribution in [-0.2, 0) is 13.6 Å². The van der Waals surface area contributed by atoms with Crippen molar-refractivity contribution in [3.05, 3.63) is 45.8 Å². The van der Waals surface area contributed by atoms with E-state index in [1.54, 1.807) is 25.4 Å². The number of nitrogens with one attached hydrogen (secondary N) is 1. The van der Waals surface area contributed by atoms with E-state index < -0.39 is 0 Å². The fraction of sp³-hybridized carbons (Fsp3) is 0.375. The lowest BCUT2D eigenvalue weighted by atomic mass is 10.4. The summed E-state index contributed by atoms with van der Waals surface area (Å²) < 4.78 is 8.71. The minimum Gasteiger partial charge on any atom is -0.475 e. The third kappa shape index (κ3) is 6.67. The third-order valence-electron chi connectivity index (χ3n) is 3.40. The van der Waals surface area contributed by atoms with E-state index in [1.165, 1.54) is 5.69 Å². The zero-order valence-electron chi connectivity index (χ0n) is 14.4. The summed E-state index contributed by atoms with van der Waals surface area (Å²) in [6.07, 6.45) is 3.68. The second-order valence-corrected chi connectivity index (χ2v) is 6.55. The van der Waals surface area contributed by atoms with Crippen molar-refractivity contribution in [2.45, 2.75) is 6.54 Å². The molecular weight excluding hydrogens is 520 g/mol. The largest absolute Gasteiger partial charge is 0.475 e. The van der Waals surface area contributed by atoms with Gasteiger partial charge in [0.05, 0.1) is 13.1 Å². The van der Waals surface area contributed by atoms with E-state index in [2.05, 4.69) is 46.8 Å². The number of ether oxygens (including phenoxy) is 1. The highest BCUT2D eigenvalue weighted by molar-refractivity contribution is 14.0. The van der Waals surface area contributed by atoms with Crippen molar-refractivity contribution < 1.29 is 4.74 Å². The molecule has 0 radical (unpaired) electrons. The molecular formula is C16H22BrClIN5O. The smallest absolute Gasteiger partial charge is 0.232 e. The zero-order valence-corrected chi connectivity index (χ0v) is 19.0. The fourth-order valence-electron chi connectivity index (χ4n) is 2.21. The molecule has 2 aromatic heterocycles. The number of nitrogens with zero attached hydrogens (tertiary/aromatic N) is 4. The Morgan fingerprint density at radius 2 is 2.28 bits per heavy atom. The zero-order chi connectivity index (χ0) is 17.5. The number of pyridine rings is 1. The summed E-state index contributed by atoms with van der Waals surface area (Å²) in [7, 11) is 5.78. The SMILES string of the molecule is CN=C(NCCOc1ncccc1Cl)N(C)Cc1cc(Br)cn1C.I. The van der Waals surface area contributed by atoms with E-state index in [-0.39, 0.29) is 24.0 Å². The van der Waals surface area contributed by atoms with E-state index in [4.69, 9.17) is 16.3 Å². The third-order valence-corrected chi connectivity index (χ3v) is 4.12. The lowest BCUT2D eigenvalue weighted by Crippen LogP contribution is -2.40. The van der Waals surface area contributed by atoms with Crippen LogP contribution in [0.3, 0.4) is 0 Å². The van der Waals surface area contributed by atoms with Crippen molar-refractivity contribution in [2.75, 3.05) is 27.2 Å². The van der Waals surface area contributed by atoms with E-state index in [9.17, 15) is 0 Å². The Balaban J connectivity index is 0.00000312. The highest BCUT2D eigenvalue weighted by Gasteiger charge is 2.09. The van der Waals surface area contributed by atoms with Crippen LogP contribution < -0.4 is 10.1 Å². The van der Waals surface area contributed by atoms with Gasteiger partial charge in [0.1, 0.15) is 11.6 Å². The van der Waals surface area contributed by atoms with Gasteiger partial charge in [0, 0.05) is 43.7 Å². The summed E-state index contributed by atoms with van der Waals surface area (Å²) in [4.78, 5) is 10.4. The molecule has 0 aliphatic heterocycles. The molecule has 0 aromatic carbocycles. The van der Waals surface area contributed by atoms with Crippen LogP contribution in [0, 0.1) is 0 Å². The fourth-order valence-corrected chi connectivity index (χ4v) is 2.96. The van der Waals surface area contributed by atoms with E-state index in [0.717, 1.165) is 17.0 Å². The normalized spacial score (nSPS) is 11.0. The number of hydrogen-bond acceptors (Lipinski definition) is 3. The number of aliphatic imine (C=N–C) groups is 1.